The number of fused-ring (bicyclic) bond motifs is 1. The van der Waals surface area contributed by atoms with Crippen molar-refractivity contribution in [3.05, 3.63) is 34.9 Å². The lowest BCUT2D eigenvalue weighted by molar-refractivity contribution is -0.121. The molecule has 0 spiro atoms. The Bertz CT molecular complexity index is 619. The van der Waals surface area contributed by atoms with Crippen LogP contribution in [-0.4, -0.2) is 38.5 Å². The van der Waals surface area contributed by atoms with Gasteiger partial charge in [0.05, 0.1) is 12.8 Å². The second-order valence-corrected chi connectivity index (χ2v) is 7.09. The fourth-order valence-corrected chi connectivity index (χ4v) is 2.39. The normalized spacial score (nSPS) is 13.7. The third kappa shape index (κ3) is 4.96. The minimum atomic E-state index is -3.32. The van der Waals surface area contributed by atoms with Gasteiger partial charge in [-0.1, -0.05) is 18.2 Å². The number of benzene rings is 1. The number of likely N-dealkylation sites (N-methyl/N-ethyl adjacent to an activating group) is 1. The Labute approximate surface area is 131 Å². The average Bonchev–Trinajstić information content (AvgIpc) is 2.82. The van der Waals surface area contributed by atoms with Crippen LogP contribution in [0.3, 0.4) is 0 Å². The minimum absolute atomic E-state index is 0. The molecule has 0 aromatic heterocycles. The predicted octanol–water partition coefficient (Wildman–Crippen LogP) is 0.219. The molecule has 1 aromatic rings. The summed E-state index contributed by atoms with van der Waals surface area (Å²) in [5, 5.41) is 5.99. The lowest BCUT2D eigenvalue weighted by atomic mass is 10.1. The molecular weight excluding hydrogens is 314 g/mol. The highest BCUT2D eigenvalue weighted by atomic mass is 35.5. The first-order valence-corrected chi connectivity index (χ1v) is 8.20. The summed E-state index contributed by atoms with van der Waals surface area (Å²) in [4.78, 5) is 11.7. The van der Waals surface area contributed by atoms with Gasteiger partial charge in [0.15, 0.2) is 0 Å². The van der Waals surface area contributed by atoms with E-state index in [0.717, 1.165) is 29.2 Å². The molecule has 21 heavy (non-hydrogen) atoms. The Balaban J connectivity index is 0.00000220. The van der Waals surface area contributed by atoms with E-state index in [-0.39, 0.29) is 24.9 Å². The van der Waals surface area contributed by atoms with Crippen molar-refractivity contribution in [1.82, 2.24) is 14.9 Å². The fraction of sp³-hybridized carbons (Fsp3) is 0.462. The Morgan fingerprint density at radius 1 is 1.33 bits per heavy atom. The monoisotopic (exact) mass is 333 g/mol. The number of amides is 1. The number of nitrogens with one attached hydrogen (secondary N) is 2. The van der Waals surface area contributed by atoms with Crippen molar-refractivity contribution >= 4 is 28.3 Å². The summed E-state index contributed by atoms with van der Waals surface area (Å²) in [6.45, 7) is 1.99. The van der Waals surface area contributed by atoms with Crippen LogP contribution in [0.4, 0.5) is 0 Å². The van der Waals surface area contributed by atoms with Gasteiger partial charge < -0.3 is 10.6 Å². The summed E-state index contributed by atoms with van der Waals surface area (Å²) in [7, 11) is -1.94. The van der Waals surface area contributed by atoms with E-state index < -0.39 is 10.0 Å². The van der Waals surface area contributed by atoms with E-state index >= 15 is 0 Å². The first-order chi connectivity index (χ1) is 9.36. The molecule has 6 nitrogen and oxygen atoms in total. The smallest absolute Gasteiger partial charge is 0.235 e. The van der Waals surface area contributed by atoms with Gasteiger partial charge in [-0.25, -0.2) is 8.42 Å². The first-order valence-electron chi connectivity index (χ1n) is 6.35. The standard InChI is InChI=1S/C13H19N3O3S.ClH/c1-16(20(2,18)19)9-13(17)15-6-10-3-4-11-7-14-8-12(11)5-10;/h3-5,14H,6-9H2,1-2H3,(H,15,17);1H. The van der Waals surface area contributed by atoms with E-state index in [2.05, 4.69) is 22.8 Å². The Kier molecular flexibility index (Phi) is 6.15. The molecule has 2 N–H and O–H groups in total. The molecule has 0 bridgehead atoms. The Morgan fingerprint density at radius 3 is 2.67 bits per heavy atom. The predicted molar refractivity (Wildman–Crippen MR) is 83.6 cm³/mol. The highest BCUT2D eigenvalue weighted by Gasteiger charge is 2.15. The van der Waals surface area contributed by atoms with E-state index in [0.29, 0.717) is 6.54 Å². The highest BCUT2D eigenvalue weighted by Crippen LogP contribution is 2.16. The number of halogens is 1. The summed E-state index contributed by atoms with van der Waals surface area (Å²) < 4.78 is 23.4. The number of hydrogen-bond donors (Lipinski definition) is 2. The molecule has 0 unspecified atom stereocenters. The Hall–Kier alpha value is -1.15. The second-order valence-electron chi connectivity index (χ2n) is 5.00. The summed E-state index contributed by atoms with van der Waals surface area (Å²) in [5.74, 6) is -0.309. The zero-order valence-electron chi connectivity index (χ0n) is 12.0. The molecule has 0 atom stereocenters. The van der Waals surface area contributed by atoms with Gasteiger partial charge >= 0.3 is 0 Å². The van der Waals surface area contributed by atoms with Gasteiger partial charge in [0.1, 0.15) is 0 Å². The molecule has 2 rings (SSSR count). The molecule has 0 saturated carbocycles. The van der Waals surface area contributed by atoms with Crippen molar-refractivity contribution in [3.8, 4) is 0 Å². The van der Waals surface area contributed by atoms with Crippen LogP contribution < -0.4 is 10.6 Å². The van der Waals surface area contributed by atoms with Crippen LogP contribution >= 0.6 is 12.4 Å². The molecule has 8 heteroatoms. The Morgan fingerprint density at radius 2 is 2.00 bits per heavy atom. The molecule has 1 aliphatic heterocycles. The van der Waals surface area contributed by atoms with Crippen LogP contribution in [0.15, 0.2) is 18.2 Å². The maximum absolute atomic E-state index is 11.7. The summed E-state index contributed by atoms with van der Waals surface area (Å²) in [6.07, 6.45) is 1.08. The van der Waals surface area contributed by atoms with E-state index in [1.165, 1.54) is 18.2 Å². The average molecular weight is 334 g/mol. The van der Waals surface area contributed by atoms with E-state index in [4.69, 9.17) is 0 Å². The van der Waals surface area contributed by atoms with Crippen molar-refractivity contribution in [2.24, 2.45) is 0 Å². The van der Waals surface area contributed by atoms with Crippen molar-refractivity contribution in [3.63, 3.8) is 0 Å². The maximum atomic E-state index is 11.7. The molecule has 1 heterocycles. The maximum Gasteiger partial charge on any atom is 0.235 e. The SMILES string of the molecule is CN(CC(=O)NCc1ccc2c(c1)CNC2)S(C)(=O)=O.Cl. The van der Waals surface area contributed by atoms with Crippen LogP contribution in [0.1, 0.15) is 16.7 Å². The summed E-state index contributed by atoms with van der Waals surface area (Å²) >= 11 is 0. The quantitative estimate of drug-likeness (QED) is 0.808. The van der Waals surface area contributed by atoms with Crippen molar-refractivity contribution < 1.29 is 13.2 Å². The van der Waals surface area contributed by atoms with Gasteiger partial charge in [0, 0.05) is 26.7 Å². The number of sulfonamides is 1. The molecule has 0 aliphatic carbocycles. The van der Waals surface area contributed by atoms with Gasteiger partial charge in [-0.05, 0) is 16.7 Å². The van der Waals surface area contributed by atoms with E-state index in [9.17, 15) is 13.2 Å². The number of carbonyl (C=O) groups excluding carboxylic acids is 1. The topological polar surface area (TPSA) is 78.5 Å². The third-order valence-corrected chi connectivity index (χ3v) is 4.59. The van der Waals surface area contributed by atoms with Gasteiger partial charge in [-0.15, -0.1) is 12.4 Å². The summed E-state index contributed by atoms with van der Waals surface area (Å²) in [6, 6.07) is 6.10. The van der Waals surface area contributed by atoms with Crippen LogP contribution in [0.25, 0.3) is 0 Å². The lowest BCUT2D eigenvalue weighted by Crippen LogP contribution is -2.37. The minimum Gasteiger partial charge on any atom is -0.351 e. The van der Waals surface area contributed by atoms with Gasteiger partial charge in [-0.2, -0.15) is 4.31 Å². The van der Waals surface area contributed by atoms with Gasteiger partial charge in [-0.3, -0.25) is 4.79 Å². The molecule has 0 fully saturated rings. The van der Waals surface area contributed by atoms with Crippen LogP contribution in [0.5, 0.6) is 0 Å². The second kappa shape index (κ2) is 7.22. The lowest BCUT2D eigenvalue weighted by Gasteiger charge is -2.13. The van der Waals surface area contributed by atoms with Crippen molar-refractivity contribution in [2.45, 2.75) is 19.6 Å². The number of nitrogens with zero attached hydrogens (tertiary/aromatic N) is 1. The first kappa shape index (κ1) is 17.9. The largest absolute Gasteiger partial charge is 0.351 e. The van der Waals surface area contributed by atoms with Crippen LogP contribution in [0.2, 0.25) is 0 Å². The zero-order valence-corrected chi connectivity index (χ0v) is 13.7. The molecule has 1 aromatic carbocycles. The van der Waals surface area contributed by atoms with Gasteiger partial charge in [0.25, 0.3) is 0 Å². The van der Waals surface area contributed by atoms with Crippen LogP contribution in [-0.2, 0) is 34.5 Å². The third-order valence-electron chi connectivity index (χ3n) is 3.32. The molecule has 1 amide bonds. The van der Waals surface area contributed by atoms with Gasteiger partial charge in [0.2, 0.25) is 15.9 Å². The van der Waals surface area contributed by atoms with Crippen LogP contribution in [0, 0.1) is 0 Å². The molecule has 1 aliphatic rings. The molecule has 0 radical (unpaired) electrons. The van der Waals surface area contributed by atoms with Crippen molar-refractivity contribution in [1.29, 1.82) is 0 Å². The number of hydrogen-bond acceptors (Lipinski definition) is 4. The fourth-order valence-electron chi connectivity index (χ4n) is 2.03. The molecule has 0 saturated heterocycles. The number of rotatable bonds is 5. The highest BCUT2D eigenvalue weighted by molar-refractivity contribution is 7.88. The molecular formula is C13H20ClN3O3S. The molecule has 118 valence electrons. The zero-order chi connectivity index (χ0) is 14.8. The summed E-state index contributed by atoms with van der Waals surface area (Å²) in [5.41, 5.74) is 3.56. The number of carbonyl (C=O) groups is 1. The van der Waals surface area contributed by atoms with E-state index in [1.54, 1.807) is 0 Å². The van der Waals surface area contributed by atoms with E-state index in [1.807, 2.05) is 6.07 Å². The van der Waals surface area contributed by atoms with Crippen molar-refractivity contribution in [2.75, 3.05) is 19.8 Å².